The van der Waals surface area contributed by atoms with Gasteiger partial charge < -0.3 is 25.2 Å². The highest BCUT2D eigenvalue weighted by Crippen LogP contribution is 2.44. The van der Waals surface area contributed by atoms with Gasteiger partial charge in [-0.05, 0) is 35.1 Å². The van der Waals surface area contributed by atoms with E-state index in [2.05, 4.69) is 29.6 Å². The molecule has 5 rings (SSSR count). The Bertz CT molecular complexity index is 1100. The first-order valence-electron chi connectivity index (χ1n) is 12.2. The van der Waals surface area contributed by atoms with Crippen LogP contribution in [0.1, 0.15) is 49.1 Å². The van der Waals surface area contributed by atoms with E-state index in [4.69, 9.17) is 9.84 Å². The van der Waals surface area contributed by atoms with E-state index in [1.54, 1.807) is 0 Å². The van der Waals surface area contributed by atoms with E-state index >= 15 is 0 Å². The largest absolute Gasteiger partial charge is 0.479 e. The lowest BCUT2D eigenvalue weighted by molar-refractivity contribution is -0.186. The molecule has 3 aliphatic rings. The molecule has 0 unspecified atom stereocenters. The summed E-state index contributed by atoms with van der Waals surface area (Å²) in [7, 11) is 0. The van der Waals surface area contributed by atoms with Gasteiger partial charge in [-0.3, -0.25) is 4.79 Å². The minimum absolute atomic E-state index is 0.0480. The predicted molar refractivity (Wildman–Crippen MR) is 128 cm³/mol. The molecule has 2 aromatic rings. The monoisotopic (exact) mass is 478 g/mol. The zero-order valence-corrected chi connectivity index (χ0v) is 19.5. The van der Waals surface area contributed by atoms with Crippen molar-refractivity contribution < 1.29 is 29.3 Å². The van der Waals surface area contributed by atoms with E-state index in [1.807, 2.05) is 24.3 Å². The first-order chi connectivity index (χ1) is 16.8. The van der Waals surface area contributed by atoms with Crippen LogP contribution in [-0.2, 0) is 14.3 Å². The number of nitrogens with zero attached hydrogens (tertiary/aromatic N) is 1. The van der Waals surface area contributed by atoms with Gasteiger partial charge in [-0.2, -0.15) is 0 Å². The third-order valence-electron chi connectivity index (χ3n) is 7.77. The molecule has 35 heavy (non-hydrogen) atoms. The van der Waals surface area contributed by atoms with E-state index in [0.29, 0.717) is 12.8 Å². The molecule has 0 atom stereocenters. The number of hydrogen-bond acceptors (Lipinski definition) is 5. The number of amides is 2. The zero-order valence-electron chi connectivity index (χ0n) is 19.5. The third-order valence-corrected chi connectivity index (χ3v) is 7.77. The second-order valence-corrected chi connectivity index (χ2v) is 10.0. The number of nitrogens with one attached hydrogen (secondary N) is 1. The van der Waals surface area contributed by atoms with Gasteiger partial charge in [-0.15, -0.1) is 0 Å². The molecule has 2 aromatic carbocycles. The normalized spacial score (nSPS) is 19.7. The van der Waals surface area contributed by atoms with Crippen LogP contribution in [0.2, 0.25) is 0 Å². The fourth-order valence-electron chi connectivity index (χ4n) is 5.79. The molecule has 2 amide bonds. The van der Waals surface area contributed by atoms with E-state index in [0.717, 1.165) is 41.5 Å². The second-order valence-electron chi connectivity index (χ2n) is 10.0. The number of alkyl carbamates (subject to hydrolysis) is 1. The fourth-order valence-corrected chi connectivity index (χ4v) is 5.79. The molecule has 0 spiro atoms. The second kappa shape index (κ2) is 9.00. The maximum absolute atomic E-state index is 13.3. The number of aliphatic carboxylic acids is 1. The summed E-state index contributed by atoms with van der Waals surface area (Å²) in [6, 6.07) is 16.2. The first kappa shape index (κ1) is 23.4. The van der Waals surface area contributed by atoms with Crippen molar-refractivity contribution in [3.63, 3.8) is 0 Å². The maximum Gasteiger partial charge on any atom is 0.407 e. The van der Waals surface area contributed by atoms with E-state index < -0.39 is 23.1 Å². The summed E-state index contributed by atoms with van der Waals surface area (Å²) in [6.45, 7) is -0.134. The van der Waals surface area contributed by atoms with E-state index in [1.165, 1.54) is 4.90 Å². The van der Waals surface area contributed by atoms with Crippen molar-refractivity contribution in [2.24, 2.45) is 5.41 Å². The summed E-state index contributed by atoms with van der Waals surface area (Å²) in [4.78, 5) is 38.6. The molecular weight excluding hydrogens is 448 g/mol. The number of benzene rings is 2. The average molecular weight is 479 g/mol. The quantitative estimate of drug-likeness (QED) is 0.588. The summed E-state index contributed by atoms with van der Waals surface area (Å²) >= 11 is 0. The standard InChI is InChI=1S/C27H30N2O6/c30-23(29-16-27(34,17-29)24(31)32)26(12-6-1-7-13-26)15-28-25(33)35-14-22-20-10-4-2-8-18(20)19-9-3-5-11-21(19)22/h2-5,8-11,22,34H,1,6-7,12-17H2,(H,28,33)(H,31,32). The van der Waals surface area contributed by atoms with E-state index in [-0.39, 0.29) is 38.1 Å². The van der Waals surface area contributed by atoms with Crippen LogP contribution in [0.4, 0.5) is 4.79 Å². The lowest BCUT2D eigenvalue weighted by Gasteiger charge is -2.48. The van der Waals surface area contributed by atoms with Crippen molar-refractivity contribution >= 4 is 18.0 Å². The number of ether oxygens (including phenoxy) is 1. The molecule has 0 bridgehead atoms. The minimum atomic E-state index is -1.88. The van der Waals surface area contributed by atoms with Gasteiger partial charge in [-0.25, -0.2) is 9.59 Å². The van der Waals surface area contributed by atoms with Gasteiger partial charge in [0.05, 0.1) is 18.5 Å². The minimum Gasteiger partial charge on any atom is -0.479 e. The average Bonchev–Trinajstić information content (AvgIpc) is 3.18. The Labute approximate surface area is 203 Å². The molecule has 8 nitrogen and oxygen atoms in total. The summed E-state index contributed by atoms with van der Waals surface area (Å²) < 4.78 is 5.63. The molecule has 184 valence electrons. The molecule has 2 aliphatic carbocycles. The number of hydrogen-bond donors (Lipinski definition) is 3. The lowest BCUT2D eigenvalue weighted by atomic mass is 9.72. The van der Waals surface area contributed by atoms with Crippen LogP contribution >= 0.6 is 0 Å². The van der Waals surface area contributed by atoms with Crippen molar-refractivity contribution in [1.29, 1.82) is 0 Å². The summed E-state index contributed by atoms with van der Waals surface area (Å²) in [5, 5.41) is 22.0. The Morgan fingerprint density at radius 3 is 2.09 bits per heavy atom. The number of β-amino-alcohol motifs (C(OH)–C–C–N with tert-alkyl or cyclic N) is 1. The van der Waals surface area contributed by atoms with Gasteiger partial charge in [0, 0.05) is 12.5 Å². The number of carbonyl (C=O) groups is 3. The number of fused-ring (bicyclic) bond motifs is 3. The molecule has 8 heteroatoms. The Hall–Kier alpha value is -3.39. The number of carboxylic acids is 1. The molecular formula is C27H30N2O6. The molecule has 1 aliphatic heterocycles. The smallest absolute Gasteiger partial charge is 0.407 e. The number of carboxylic acid groups (broad SMARTS) is 1. The summed E-state index contributed by atoms with van der Waals surface area (Å²) in [5.41, 5.74) is 1.88. The molecule has 2 fully saturated rings. The van der Waals surface area contributed by atoms with Crippen molar-refractivity contribution in [1.82, 2.24) is 10.2 Å². The van der Waals surface area contributed by atoms with Crippen molar-refractivity contribution in [2.75, 3.05) is 26.2 Å². The fraction of sp³-hybridized carbons (Fsp3) is 0.444. The molecule has 1 saturated carbocycles. The van der Waals surface area contributed by atoms with E-state index in [9.17, 15) is 19.5 Å². The first-order valence-corrected chi connectivity index (χ1v) is 12.2. The number of rotatable bonds is 6. The Morgan fingerprint density at radius 2 is 1.51 bits per heavy atom. The zero-order chi connectivity index (χ0) is 24.6. The SMILES string of the molecule is O=C(NCC1(C(=O)N2CC(O)(C(=O)O)C2)CCCCC1)OCC1c2ccccc2-c2ccccc21. The molecule has 1 saturated heterocycles. The van der Waals surface area contributed by atoms with Crippen LogP contribution in [0.15, 0.2) is 48.5 Å². The van der Waals surface area contributed by atoms with Crippen LogP contribution in [0.5, 0.6) is 0 Å². The van der Waals surface area contributed by atoms with Gasteiger partial charge >= 0.3 is 12.1 Å². The van der Waals surface area contributed by atoms with Crippen LogP contribution in [-0.4, -0.2) is 64.9 Å². The van der Waals surface area contributed by atoms with Gasteiger partial charge in [0.25, 0.3) is 0 Å². The highest BCUT2D eigenvalue weighted by molar-refractivity contribution is 5.89. The van der Waals surface area contributed by atoms with Crippen LogP contribution in [0, 0.1) is 5.41 Å². The molecule has 0 radical (unpaired) electrons. The topological polar surface area (TPSA) is 116 Å². The van der Waals surface area contributed by atoms with Crippen molar-refractivity contribution in [3.05, 3.63) is 59.7 Å². The summed E-state index contributed by atoms with van der Waals surface area (Å²) in [6.07, 6.45) is 3.37. The van der Waals surface area contributed by atoms with Crippen LogP contribution < -0.4 is 5.32 Å². The van der Waals surface area contributed by atoms with Crippen LogP contribution in [0.25, 0.3) is 11.1 Å². The van der Waals surface area contributed by atoms with Crippen LogP contribution in [0.3, 0.4) is 0 Å². The summed E-state index contributed by atoms with van der Waals surface area (Å²) in [5.74, 6) is -1.58. The highest BCUT2D eigenvalue weighted by atomic mass is 16.5. The highest BCUT2D eigenvalue weighted by Gasteiger charge is 2.54. The lowest BCUT2D eigenvalue weighted by Crippen LogP contribution is -2.70. The van der Waals surface area contributed by atoms with Crippen molar-refractivity contribution in [2.45, 2.75) is 43.6 Å². The Kier molecular flexibility index (Phi) is 6.01. The Balaban J connectivity index is 1.22. The number of likely N-dealkylation sites (tertiary alicyclic amines) is 1. The third kappa shape index (κ3) is 4.16. The Morgan fingerprint density at radius 1 is 0.943 bits per heavy atom. The predicted octanol–water partition coefficient (Wildman–Crippen LogP) is 3.13. The number of carbonyl (C=O) groups excluding carboxylic acids is 2. The van der Waals surface area contributed by atoms with Gasteiger partial charge in [0.2, 0.25) is 5.91 Å². The van der Waals surface area contributed by atoms with Gasteiger partial charge in [-0.1, -0.05) is 67.8 Å². The maximum atomic E-state index is 13.3. The molecule has 3 N–H and O–H groups in total. The van der Waals surface area contributed by atoms with Gasteiger partial charge in [0.15, 0.2) is 5.60 Å². The van der Waals surface area contributed by atoms with Crippen molar-refractivity contribution in [3.8, 4) is 11.1 Å². The number of aliphatic hydroxyl groups is 1. The molecule has 1 heterocycles. The molecule has 0 aromatic heterocycles. The van der Waals surface area contributed by atoms with Gasteiger partial charge in [0.1, 0.15) is 6.61 Å².